The number of anilines is 2. The van der Waals surface area contributed by atoms with Gasteiger partial charge in [0.15, 0.2) is 0 Å². The molecule has 24 heavy (non-hydrogen) atoms. The molecule has 3 rings (SSSR count). The zero-order chi connectivity index (χ0) is 17.1. The molecule has 3 N–H and O–H groups in total. The number of amides is 1. The highest BCUT2D eigenvalue weighted by atomic mass is 32.2. The molecule has 1 heterocycles. The van der Waals surface area contributed by atoms with Crippen molar-refractivity contribution in [2.45, 2.75) is 11.8 Å². The summed E-state index contributed by atoms with van der Waals surface area (Å²) in [7, 11) is 0. The van der Waals surface area contributed by atoms with Gasteiger partial charge < -0.3 is 11.1 Å². The number of hydrogen-bond donors (Lipinski definition) is 2. The number of nitrogens with one attached hydrogen (secondary N) is 1. The molecular weight excluding hydrogens is 338 g/mol. The summed E-state index contributed by atoms with van der Waals surface area (Å²) in [5.74, 6) is -0.0711. The molecule has 0 aliphatic rings. The maximum Gasteiger partial charge on any atom is 0.221 e. The summed E-state index contributed by atoms with van der Waals surface area (Å²) in [4.78, 5) is 18.0. The van der Waals surface area contributed by atoms with Gasteiger partial charge in [-0.3, -0.25) is 4.79 Å². The number of nitrogen functional groups attached to an aromatic ring is 1. The first-order valence-electron chi connectivity index (χ1n) is 7.34. The van der Waals surface area contributed by atoms with E-state index in [1.807, 2.05) is 54.9 Å². The lowest BCUT2D eigenvalue weighted by Crippen LogP contribution is -2.05. The van der Waals surface area contributed by atoms with Crippen molar-refractivity contribution in [2.24, 2.45) is 0 Å². The third kappa shape index (κ3) is 3.60. The Morgan fingerprint density at radius 1 is 1.21 bits per heavy atom. The molecule has 0 spiro atoms. The summed E-state index contributed by atoms with van der Waals surface area (Å²) < 4.78 is 0. The Labute approximate surface area is 149 Å². The zero-order valence-corrected chi connectivity index (χ0v) is 15.0. The number of carbonyl (C=O) groups is 1. The molecule has 1 aromatic heterocycles. The van der Waals surface area contributed by atoms with Crippen LogP contribution in [0.3, 0.4) is 0 Å². The van der Waals surface area contributed by atoms with Crippen LogP contribution in [0.25, 0.3) is 21.0 Å². The summed E-state index contributed by atoms with van der Waals surface area (Å²) in [5, 5.41) is 3.78. The van der Waals surface area contributed by atoms with Gasteiger partial charge in [-0.25, -0.2) is 4.98 Å². The van der Waals surface area contributed by atoms with Crippen molar-refractivity contribution in [1.82, 2.24) is 4.98 Å². The molecule has 2 aromatic carbocycles. The molecule has 0 fully saturated rings. The lowest BCUT2D eigenvalue weighted by molar-refractivity contribution is -0.114. The van der Waals surface area contributed by atoms with Crippen molar-refractivity contribution in [3.63, 3.8) is 0 Å². The Bertz CT molecular complexity index is 872. The zero-order valence-electron chi connectivity index (χ0n) is 13.4. The molecule has 3 aromatic rings. The van der Waals surface area contributed by atoms with Crippen LogP contribution in [0.15, 0.2) is 53.6 Å². The highest BCUT2D eigenvalue weighted by Gasteiger charge is 2.11. The summed E-state index contributed by atoms with van der Waals surface area (Å²) in [6.45, 7) is 1.51. The van der Waals surface area contributed by atoms with Crippen molar-refractivity contribution in [2.75, 3.05) is 17.3 Å². The van der Waals surface area contributed by atoms with E-state index in [1.165, 1.54) is 6.92 Å². The van der Waals surface area contributed by atoms with E-state index in [1.54, 1.807) is 23.1 Å². The molecule has 6 heteroatoms. The Morgan fingerprint density at radius 2 is 1.96 bits per heavy atom. The Balaban J connectivity index is 1.94. The minimum atomic E-state index is -0.0711. The van der Waals surface area contributed by atoms with E-state index >= 15 is 0 Å². The molecule has 0 aliphatic heterocycles. The van der Waals surface area contributed by atoms with Gasteiger partial charge >= 0.3 is 0 Å². The van der Waals surface area contributed by atoms with E-state index in [9.17, 15) is 4.79 Å². The maximum atomic E-state index is 11.2. The lowest BCUT2D eigenvalue weighted by atomic mass is 10.2. The van der Waals surface area contributed by atoms with Crippen LogP contribution in [0.1, 0.15) is 6.92 Å². The standard InChI is InChI=1S/C18H17N3OS2/c1-11(22)21-14-7-8-15(16(9-14)23-2)17-10-20-18(24-17)12-3-5-13(19)6-4-12/h3-10H,19H2,1-2H3,(H,21,22). The Kier molecular flexibility index (Phi) is 4.87. The first-order valence-corrected chi connectivity index (χ1v) is 9.38. The van der Waals surface area contributed by atoms with Gasteiger partial charge in [0, 0.05) is 40.5 Å². The normalized spacial score (nSPS) is 10.6. The smallest absolute Gasteiger partial charge is 0.221 e. The van der Waals surface area contributed by atoms with Gasteiger partial charge in [-0.1, -0.05) is 6.07 Å². The Morgan fingerprint density at radius 3 is 2.62 bits per heavy atom. The summed E-state index contributed by atoms with van der Waals surface area (Å²) in [5.41, 5.74) is 9.46. The second kappa shape index (κ2) is 7.07. The molecule has 0 atom stereocenters. The van der Waals surface area contributed by atoms with E-state index in [0.717, 1.165) is 37.3 Å². The van der Waals surface area contributed by atoms with Gasteiger partial charge in [0.05, 0.1) is 4.88 Å². The van der Waals surface area contributed by atoms with E-state index < -0.39 is 0 Å². The van der Waals surface area contributed by atoms with Crippen LogP contribution in [-0.4, -0.2) is 17.1 Å². The molecule has 1 amide bonds. The molecular formula is C18H17N3OS2. The van der Waals surface area contributed by atoms with E-state index in [0.29, 0.717) is 0 Å². The molecule has 4 nitrogen and oxygen atoms in total. The van der Waals surface area contributed by atoms with Gasteiger partial charge in [0.2, 0.25) is 5.91 Å². The number of thioether (sulfide) groups is 1. The van der Waals surface area contributed by atoms with Crippen molar-refractivity contribution in [3.05, 3.63) is 48.7 Å². The molecule has 0 unspecified atom stereocenters. The predicted octanol–water partition coefficient (Wildman–Crippen LogP) is 4.74. The largest absolute Gasteiger partial charge is 0.399 e. The molecule has 0 bridgehead atoms. The second-order valence-corrected chi connectivity index (χ2v) is 7.13. The van der Waals surface area contributed by atoms with Gasteiger partial charge in [0.25, 0.3) is 0 Å². The van der Waals surface area contributed by atoms with Crippen molar-refractivity contribution in [3.8, 4) is 21.0 Å². The van der Waals surface area contributed by atoms with Gasteiger partial charge in [-0.15, -0.1) is 23.1 Å². The number of hydrogen-bond acceptors (Lipinski definition) is 5. The summed E-state index contributed by atoms with van der Waals surface area (Å²) in [6.07, 6.45) is 3.92. The van der Waals surface area contributed by atoms with Crippen LogP contribution in [0.2, 0.25) is 0 Å². The number of rotatable bonds is 4. The number of aromatic nitrogens is 1. The highest BCUT2D eigenvalue weighted by molar-refractivity contribution is 7.98. The van der Waals surface area contributed by atoms with E-state index in [4.69, 9.17) is 5.73 Å². The first kappa shape index (κ1) is 16.5. The summed E-state index contributed by atoms with van der Waals surface area (Å²) >= 11 is 3.29. The highest BCUT2D eigenvalue weighted by Crippen LogP contribution is 2.38. The number of nitrogens with zero attached hydrogens (tertiary/aromatic N) is 1. The van der Waals surface area contributed by atoms with Gasteiger partial charge in [0.1, 0.15) is 5.01 Å². The molecule has 0 saturated heterocycles. The van der Waals surface area contributed by atoms with Crippen LogP contribution < -0.4 is 11.1 Å². The fourth-order valence-corrected chi connectivity index (χ4v) is 4.00. The second-order valence-electron chi connectivity index (χ2n) is 5.25. The van der Waals surface area contributed by atoms with Gasteiger partial charge in [-0.05, 0) is 42.7 Å². The van der Waals surface area contributed by atoms with Crippen molar-refractivity contribution in [1.29, 1.82) is 0 Å². The van der Waals surface area contributed by atoms with Crippen molar-refractivity contribution < 1.29 is 4.79 Å². The number of thiazole rings is 1. The third-order valence-electron chi connectivity index (χ3n) is 3.45. The third-order valence-corrected chi connectivity index (χ3v) is 5.31. The number of nitrogens with two attached hydrogens (primary N) is 1. The minimum Gasteiger partial charge on any atom is -0.399 e. The maximum absolute atomic E-state index is 11.2. The lowest BCUT2D eigenvalue weighted by Gasteiger charge is -2.08. The quantitative estimate of drug-likeness (QED) is 0.524. The topological polar surface area (TPSA) is 68.0 Å². The van der Waals surface area contributed by atoms with Crippen molar-refractivity contribution >= 4 is 40.4 Å². The van der Waals surface area contributed by atoms with E-state index in [-0.39, 0.29) is 5.91 Å². The molecule has 0 aliphatic carbocycles. The monoisotopic (exact) mass is 355 g/mol. The van der Waals surface area contributed by atoms with Crippen LogP contribution in [-0.2, 0) is 4.79 Å². The Hall–Kier alpha value is -2.31. The predicted molar refractivity (Wildman–Crippen MR) is 103 cm³/mol. The van der Waals surface area contributed by atoms with Gasteiger partial charge in [-0.2, -0.15) is 0 Å². The average molecular weight is 355 g/mol. The first-order chi connectivity index (χ1) is 11.6. The average Bonchev–Trinajstić information content (AvgIpc) is 3.04. The molecule has 0 radical (unpaired) electrons. The van der Waals surface area contributed by atoms with Crippen LogP contribution in [0.5, 0.6) is 0 Å². The molecule has 122 valence electrons. The SMILES string of the molecule is CSc1cc(NC(C)=O)ccc1-c1cnc(-c2ccc(N)cc2)s1. The molecule has 0 saturated carbocycles. The van der Waals surface area contributed by atoms with E-state index in [2.05, 4.69) is 10.3 Å². The number of carbonyl (C=O) groups excluding carboxylic acids is 1. The van der Waals surface area contributed by atoms with Crippen LogP contribution in [0.4, 0.5) is 11.4 Å². The van der Waals surface area contributed by atoms with Crippen LogP contribution >= 0.6 is 23.1 Å². The summed E-state index contributed by atoms with van der Waals surface area (Å²) in [6, 6.07) is 13.7. The van der Waals surface area contributed by atoms with Crippen LogP contribution in [0, 0.1) is 0 Å². The fourth-order valence-electron chi connectivity index (χ4n) is 2.33. The number of benzene rings is 2. The fraction of sp³-hybridized carbons (Fsp3) is 0.111. The minimum absolute atomic E-state index is 0.0711.